The fourth-order valence-electron chi connectivity index (χ4n) is 2.43. The van der Waals surface area contributed by atoms with E-state index in [0.717, 1.165) is 30.2 Å². The van der Waals surface area contributed by atoms with Crippen LogP contribution in [-0.4, -0.2) is 33.0 Å². The highest BCUT2D eigenvalue weighted by molar-refractivity contribution is 7.99. The molecule has 0 bridgehead atoms. The van der Waals surface area contributed by atoms with Gasteiger partial charge in [-0.25, -0.2) is 0 Å². The van der Waals surface area contributed by atoms with Crippen LogP contribution in [0.2, 0.25) is 0 Å². The largest absolute Gasteiger partial charge is 0.492 e. The minimum atomic E-state index is -0.106. The average Bonchev–Trinajstić information content (AvgIpc) is 3.02. The second-order valence-corrected chi connectivity index (χ2v) is 6.61. The van der Waals surface area contributed by atoms with Crippen LogP contribution in [0.25, 0.3) is 0 Å². The highest BCUT2D eigenvalue weighted by Gasteiger charge is 2.14. The lowest BCUT2D eigenvalue weighted by molar-refractivity contribution is -0.113. The highest BCUT2D eigenvalue weighted by Crippen LogP contribution is 2.24. The third kappa shape index (κ3) is 5.62. The first-order valence-electron chi connectivity index (χ1n) is 8.87. The molecule has 0 aliphatic carbocycles. The lowest BCUT2D eigenvalue weighted by atomic mass is 10.2. The Morgan fingerprint density at radius 2 is 2.15 bits per heavy atom. The number of hydrogen-bond donors (Lipinski definition) is 1. The molecule has 0 radical (unpaired) electrons. The standard InChI is InChI=1S/C19H26N4O2S/c1-4-7-12-17-21-22-19(23(17)13-5-2)26-14-18(24)20-15-10-8-9-11-16(15)25-6-3/h5,8-11H,2,4,6-7,12-14H2,1,3H3,(H,20,24). The lowest BCUT2D eigenvalue weighted by Crippen LogP contribution is -2.15. The van der Waals surface area contributed by atoms with Gasteiger partial charge in [0.2, 0.25) is 5.91 Å². The zero-order chi connectivity index (χ0) is 18.8. The molecule has 7 heteroatoms. The van der Waals surface area contributed by atoms with Crippen molar-refractivity contribution in [1.29, 1.82) is 0 Å². The number of thioether (sulfide) groups is 1. The Morgan fingerprint density at radius 1 is 1.35 bits per heavy atom. The molecule has 1 heterocycles. The fraction of sp³-hybridized carbons (Fsp3) is 0.421. The van der Waals surface area contributed by atoms with Gasteiger partial charge < -0.3 is 14.6 Å². The number of ether oxygens (including phenoxy) is 1. The molecule has 0 saturated carbocycles. The summed E-state index contributed by atoms with van der Waals surface area (Å²) >= 11 is 1.38. The molecule has 1 amide bonds. The van der Waals surface area contributed by atoms with Gasteiger partial charge in [0, 0.05) is 13.0 Å². The lowest BCUT2D eigenvalue weighted by Gasteiger charge is -2.11. The first-order valence-corrected chi connectivity index (χ1v) is 9.85. The Labute approximate surface area is 159 Å². The van der Waals surface area contributed by atoms with Crippen molar-refractivity contribution in [2.45, 2.75) is 44.8 Å². The van der Waals surface area contributed by atoms with Crippen molar-refractivity contribution in [2.75, 3.05) is 17.7 Å². The molecule has 0 aliphatic heterocycles. The van der Waals surface area contributed by atoms with Gasteiger partial charge in [0.25, 0.3) is 0 Å². The van der Waals surface area contributed by atoms with Crippen molar-refractivity contribution >= 4 is 23.4 Å². The van der Waals surface area contributed by atoms with Crippen molar-refractivity contribution in [2.24, 2.45) is 0 Å². The fourth-order valence-corrected chi connectivity index (χ4v) is 3.19. The summed E-state index contributed by atoms with van der Waals surface area (Å²) in [6, 6.07) is 7.42. The number of anilines is 1. The molecule has 1 N–H and O–H groups in total. The number of benzene rings is 1. The zero-order valence-corrected chi connectivity index (χ0v) is 16.2. The molecule has 2 aromatic rings. The molecule has 0 fully saturated rings. The van der Waals surface area contributed by atoms with Crippen molar-refractivity contribution in [1.82, 2.24) is 14.8 Å². The number of allylic oxidation sites excluding steroid dienone is 1. The van der Waals surface area contributed by atoms with E-state index in [0.29, 0.717) is 24.6 Å². The first-order chi connectivity index (χ1) is 12.7. The normalized spacial score (nSPS) is 10.5. The van der Waals surface area contributed by atoms with E-state index in [-0.39, 0.29) is 11.7 Å². The topological polar surface area (TPSA) is 69.0 Å². The van der Waals surface area contributed by atoms with Crippen molar-refractivity contribution in [3.63, 3.8) is 0 Å². The average molecular weight is 375 g/mol. The molecule has 0 aliphatic rings. The molecule has 1 aromatic heterocycles. The van der Waals surface area contributed by atoms with Gasteiger partial charge >= 0.3 is 0 Å². The van der Waals surface area contributed by atoms with E-state index in [2.05, 4.69) is 29.0 Å². The van der Waals surface area contributed by atoms with Crippen LogP contribution in [0.5, 0.6) is 5.75 Å². The van der Waals surface area contributed by atoms with E-state index in [4.69, 9.17) is 4.74 Å². The molecule has 0 spiro atoms. The number of carbonyl (C=O) groups excluding carboxylic acids is 1. The van der Waals surface area contributed by atoms with Crippen LogP contribution in [0.4, 0.5) is 5.69 Å². The molecule has 0 unspecified atom stereocenters. The number of nitrogens with zero attached hydrogens (tertiary/aromatic N) is 3. The van der Waals surface area contributed by atoms with Gasteiger partial charge in [0.1, 0.15) is 11.6 Å². The minimum Gasteiger partial charge on any atom is -0.492 e. The number of hydrogen-bond acceptors (Lipinski definition) is 5. The van der Waals surface area contributed by atoms with Gasteiger partial charge in [-0.2, -0.15) is 0 Å². The maximum absolute atomic E-state index is 12.3. The number of carbonyl (C=O) groups is 1. The molecule has 2 rings (SSSR count). The number of para-hydroxylation sites is 2. The van der Waals surface area contributed by atoms with E-state index < -0.39 is 0 Å². The Morgan fingerprint density at radius 3 is 2.88 bits per heavy atom. The van der Waals surface area contributed by atoms with Crippen LogP contribution in [0.1, 0.15) is 32.5 Å². The third-order valence-electron chi connectivity index (χ3n) is 3.65. The summed E-state index contributed by atoms with van der Waals surface area (Å²) < 4.78 is 7.56. The maximum atomic E-state index is 12.3. The van der Waals surface area contributed by atoms with Crippen molar-refractivity contribution in [3.8, 4) is 5.75 Å². The molecule has 1 aromatic carbocycles. The first kappa shape index (κ1) is 20.0. The maximum Gasteiger partial charge on any atom is 0.234 e. The summed E-state index contributed by atoms with van der Waals surface area (Å²) in [5.74, 6) is 1.76. The van der Waals surface area contributed by atoms with E-state index in [9.17, 15) is 4.79 Å². The van der Waals surface area contributed by atoms with Gasteiger partial charge in [0.15, 0.2) is 5.16 Å². The van der Waals surface area contributed by atoms with Crippen LogP contribution >= 0.6 is 11.8 Å². The zero-order valence-electron chi connectivity index (χ0n) is 15.4. The molecule has 26 heavy (non-hydrogen) atoms. The van der Waals surface area contributed by atoms with Gasteiger partial charge in [-0.05, 0) is 25.5 Å². The molecule has 0 atom stereocenters. The Hall–Kier alpha value is -2.28. The quantitative estimate of drug-likeness (QED) is 0.477. The molecular formula is C19H26N4O2S. The number of rotatable bonds is 11. The van der Waals surface area contributed by atoms with Crippen LogP contribution in [0, 0.1) is 0 Å². The van der Waals surface area contributed by atoms with Crippen LogP contribution in [0.15, 0.2) is 42.1 Å². The van der Waals surface area contributed by atoms with E-state index in [1.807, 2.05) is 41.8 Å². The van der Waals surface area contributed by atoms with Gasteiger partial charge in [-0.1, -0.05) is 43.3 Å². The van der Waals surface area contributed by atoms with Crippen LogP contribution in [-0.2, 0) is 17.8 Å². The molecule has 140 valence electrons. The highest BCUT2D eigenvalue weighted by atomic mass is 32.2. The van der Waals surface area contributed by atoms with Crippen molar-refractivity contribution in [3.05, 3.63) is 42.7 Å². The van der Waals surface area contributed by atoms with Crippen LogP contribution in [0.3, 0.4) is 0 Å². The number of unbranched alkanes of at least 4 members (excludes halogenated alkanes) is 1. The summed E-state index contributed by atoms with van der Waals surface area (Å²) in [5.41, 5.74) is 0.677. The summed E-state index contributed by atoms with van der Waals surface area (Å²) in [6.07, 6.45) is 4.87. The third-order valence-corrected chi connectivity index (χ3v) is 4.62. The number of nitrogens with one attached hydrogen (secondary N) is 1. The number of amides is 1. The molecular weight excluding hydrogens is 348 g/mol. The monoisotopic (exact) mass is 374 g/mol. The second kappa shape index (κ2) is 10.7. The summed E-state index contributed by atoms with van der Waals surface area (Å²) in [5, 5.41) is 12.1. The van der Waals surface area contributed by atoms with E-state index in [1.165, 1.54) is 11.8 Å². The second-order valence-electron chi connectivity index (χ2n) is 5.67. The Balaban J connectivity index is 1.99. The minimum absolute atomic E-state index is 0.106. The predicted octanol–water partition coefficient (Wildman–Crippen LogP) is 3.94. The smallest absolute Gasteiger partial charge is 0.234 e. The predicted molar refractivity (Wildman–Crippen MR) is 106 cm³/mol. The SMILES string of the molecule is C=CCn1c(CCCC)nnc1SCC(=O)Nc1ccccc1OCC. The number of aromatic nitrogens is 3. The Kier molecular flexibility index (Phi) is 8.21. The van der Waals surface area contributed by atoms with E-state index >= 15 is 0 Å². The van der Waals surface area contributed by atoms with Gasteiger partial charge in [-0.15, -0.1) is 16.8 Å². The van der Waals surface area contributed by atoms with Crippen LogP contribution < -0.4 is 10.1 Å². The van der Waals surface area contributed by atoms with Crippen molar-refractivity contribution < 1.29 is 9.53 Å². The van der Waals surface area contributed by atoms with Gasteiger partial charge in [-0.3, -0.25) is 4.79 Å². The Bertz CT molecular complexity index is 730. The summed E-state index contributed by atoms with van der Waals surface area (Å²) in [4.78, 5) is 12.3. The van der Waals surface area contributed by atoms with E-state index in [1.54, 1.807) is 0 Å². The molecule has 0 saturated heterocycles. The number of aryl methyl sites for hydroxylation is 1. The summed E-state index contributed by atoms with van der Waals surface area (Å²) in [7, 11) is 0. The van der Waals surface area contributed by atoms with Gasteiger partial charge in [0.05, 0.1) is 18.0 Å². The summed E-state index contributed by atoms with van der Waals surface area (Å²) in [6.45, 7) is 9.05. The molecule has 6 nitrogen and oxygen atoms in total.